The maximum Gasteiger partial charge on any atom is 0.324 e. The number of carbonyl (C=O) groups excluding carboxylic acids is 2. The van der Waals surface area contributed by atoms with Crippen LogP contribution in [0.4, 0.5) is 18.0 Å². The average Bonchev–Trinajstić information content (AvgIpc) is 2.95. The molecule has 8 nitrogen and oxygen atoms in total. The molecular formula is C29H29F3N6O2. The van der Waals surface area contributed by atoms with Crippen LogP contribution in [0, 0.1) is 40.1 Å². The fourth-order valence-corrected chi connectivity index (χ4v) is 5.40. The van der Waals surface area contributed by atoms with Gasteiger partial charge in [-0.3, -0.25) is 4.79 Å². The third kappa shape index (κ3) is 5.65. The normalized spacial score (nSPS) is 19.0. The van der Waals surface area contributed by atoms with Crippen molar-refractivity contribution in [3.63, 3.8) is 0 Å². The molecule has 1 saturated heterocycles. The van der Waals surface area contributed by atoms with Crippen LogP contribution in [0.1, 0.15) is 42.0 Å². The first-order valence-corrected chi connectivity index (χ1v) is 12.9. The van der Waals surface area contributed by atoms with Gasteiger partial charge in [-0.15, -0.1) is 0 Å². The molecule has 0 unspecified atom stereocenters. The van der Waals surface area contributed by atoms with Crippen LogP contribution in [0.25, 0.3) is 0 Å². The molecule has 1 fully saturated rings. The third-order valence-corrected chi connectivity index (χ3v) is 7.62. The van der Waals surface area contributed by atoms with Gasteiger partial charge in [0.1, 0.15) is 5.82 Å². The molecule has 40 heavy (non-hydrogen) atoms. The average molecular weight is 551 g/mol. The number of nitrogens with one attached hydrogen (secondary N) is 1. The van der Waals surface area contributed by atoms with E-state index in [2.05, 4.69) is 16.3 Å². The van der Waals surface area contributed by atoms with Gasteiger partial charge in [-0.25, -0.2) is 18.0 Å². The highest BCUT2D eigenvalue weighted by atomic mass is 19.2. The van der Waals surface area contributed by atoms with Crippen LogP contribution in [0.5, 0.6) is 0 Å². The minimum absolute atomic E-state index is 0.175. The molecule has 0 spiro atoms. The molecule has 4 rings (SSSR count). The number of hydrogen-bond acceptors (Lipinski definition) is 5. The second-order valence-corrected chi connectivity index (χ2v) is 10.1. The summed E-state index contributed by atoms with van der Waals surface area (Å²) >= 11 is 0. The van der Waals surface area contributed by atoms with Gasteiger partial charge in [0, 0.05) is 26.8 Å². The Balaban J connectivity index is 1.35. The van der Waals surface area contributed by atoms with E-state index < -0.39 is 40.8 Å². The van der Waals surface area contributed by atoms with Crippen LogP contribution in [-0.2, 0) is 10.2 Å². The SMILES string of the molecule is CN1C=C(C(=O)NCCCN2CCC(C#N)(c3ccc(F)cc3C#N)CC2)[C@@H](c2ccc(F)c(F)c2)N(C)C1=O. The van der Waals surface area contributed by atoms with Crippen molar-refractivity contribution in [2.75, 3.05) is 40.3 Å². The van der Waals surface area contributed by atoms with E-state index in [1.54, 1.807) is 0 Å². The van der Waals surface area contributed by atoms with Gasteiger partial charge in [0.25, 0.3) is 5.91 Å². The number of rotatable bonds is 7. The molecule has 3 amide bonds. The van der Waals surface area contributed by atoms with Crippen LogP contribution in [0.3, 0.4) is 0 Å². The molecule has 2 aromatic carbocycles. The molecule has 2 aliphatic heterocycles. The van der Waals surface area contributed by atoms with Crippen molar-refractivity contribution in [1.29, 1.82) is 10.5 Å². The Hall–Kier alpha value is -4.35. The summed E-state index contributed by atoms with van der Waals surface area (Å²) in [7, 11) is 3.00. The molecule has 2 heterocycles. The lowest BCUT2D eigenvalue weighted by Crippen LogP contribution is -2.46. The number of likely N-dealkylation sites (tertiary alicyclic amines) is 1. The zero-order chi connectivity index (χ0) is 29.0. The van der Waals surface area contributed by atoms with E-state index in [1.807, 2.05) is 6.07 Å². The maximum atomic E-state index is 13.9. The molecule has 0 aliphatic carbocycles. The van der Waals surface area contributed by atoms with Crippen molar-refractivity contribution in [3.8, 4) is 12.1 Å². The lowest BCUT2D eigenvalue weighted by Gasteiger charge is -2.38. The molecule has 0 saturated carbocycles. The molecule has 208 valence electrons. The van der Waals surface area contributed by atoms with Gasteiger partial charge in [-0.2, -0.15) is 10.5 Å². The van der Waals surface area contributed by atoms with Crippen molar-refractivity contribution < 1.29 is 22.8 Å². The smallest absolute Gasteiger partial charge is 0.324 e. The van der Waals surface area contributed by atoms with E-state index in [4.69, 9.17) is 0 Å². The summed E-state index contributed by atoms with van der Waals surface area (Å²) in [5, 5.41) is 22.3. The van der Waals surface area contributed by atoms with E-state index in [1.165, 1.54) is 48.3 Å². The zero-order valence-corrected chi connectivity index (χ0v) is 22.3. The first-order valence-electron chi connectivity index (χ1n) is 12.9. The Bertz CT molecular complexity index is 1420. The Kier molecular flexibility index (Phi) is 8.46. The van der Waals surface area contributed by atoms with Crippen molar-refractivity contribution in [2.45, 2.75) is 30.7 Å². The first-order chi connectivity index (χ1) is 19.1. The van der Waals surface area contributed by atoms with E-state index in [-0.39, 0.29) is 16.7 Å². The topological polar surface area (TPSA) is 103 Å². The molecule has 0 bridgehead atoms. The summed E-state index contributed by atoms with van der Waals surface area (Å²) in [5.74, 6) is -3.03. The van der Waals surface area contributed by atoms with E-state index in [0.717, 1.165) is 18.2 Å². The molecule has 0 aromatic heterocycles. The number of benzene rings is 2. The zero-order valence-electron chi connectivity index (χ0n) is 22.3. The largest absolute Gasteiger partial charge is 0.352 e. The van der Waals surface area contributed by atoms with Gasteiger partial charge in [-0.05, 0) is 74.3 Å². The minimum Gasteiger partial charge on any atom is -0.352 e. The molecule has 1 N–H and O–H groups in total. The van der Waals surface area contributed by atoms with Crippen molar-refractivity contribution in [1.82, 2.24) is 20.0 Å². The number of amides is 3. The third-order valence-electron chi connectivity index (χ3n) is 7.62. The summed E-state index contributed by atoms with van der Waals surface area (Å²) < 4.78 is 41.1. The summed E-state index contributed by atoms with van der Waals surface area (Å²) in [6, 6.07) is 10.3. The van der Waals surface area contributed by atoms with Crippen LogP contribution in [0.15, 0.2) is 48.2 Å². The predicted octanol–water partition coefficient (Wildman–Crippen LogP) is 3.96. The monoisotopic (exact) mass is 550 g/mol. The molecule has 1 atom stereocenters. The Morgan fingerprint density at radius 2 is 1.80 bits per heavy atom. The molecule has 2 aromatic rings. The summed E-state index contributed by atoms with van der Waals surface area (Å²) in [4.78, 5) is 30.4. The van der Waals surface area contributed by atoms with Crippen LogP contribution < -0.4 is 5.32 Å². The number of nitriles is 2. The molecule has 0 radical (unpaired) electrons. The minimum atomic E-state index is -1.07. The van der Waals surface area contributed by atoms with E-state index in [0.29, 0.717) is 51.0 Å². The van der Waals surface area contributed by atoms with Crippen LogP contribution >= 0.6 is 0 Å². The number of nitrogens with zero attached hydrogens (tertiary/aromatic N) is 5. The standard InChI is InChI=1S/C29H29F3N6O2/c1-36-17-22(26(37(2)28(36)40)19-4-7-24(31)25(32)15-19)27(39)35-10-3-11-38-12-8-29(18-34,9-13-38)23-6-5-21(30)14-20(23)16-33/h4-7,14-15,17,26H,3,8-13H2,1-2H3,(H,35,39)/t26-/m1/s1. The van der Waals surface area contributed by atoms with E-state index in [9.17, 15) is 33.3 Å². The quantitative estimate of drug-likeness (QED) is 0.526. The van der Waals surface area contributed by atoms with Crippen molar-refractivity contribution in [2.24, 2.45) is 0 Å². The van der Waals surface area contributed by atoms with Crippen molar-refractivity contribution >= 4 is 11.9 Å². The van der Waals surface area contributed by atoms with Gasteiger partial charge in [-0.1, -0.05) is 12.1 Å². The highest BCUT2D eigenvalue weighted by Gasteiger charge is 2.38. The maximum absolute atomic E-state index is 13.9. The lowest BCUT2D eigenvalue weighted by atomic mass is 9.72. The van der Waals surface area contributed by atoms with Crippen LogP contribution in [0.2, 0.25) is 0 Å². The highest BCUT2D eigenvalue weighted by molar-refractivity contribution is 5.97. The predicted molar refractivity (Wildman–Crippen MR) is 140 cm³/mol. The number of carbonyl (C=O) groups is 2. The fourth-order valence-electron chi connectivity index (χ4n) is 5.40. The lowest BCUT2D eigenvalue weighted by molar-refractivity contribution is -0.118. The Morgan fingerprint density at radius 1 is 1.07 bits per heavy atom. The molecule has 11 heteroatoms. The highest BCUT2D eigenvalue weighted by Crippen LogP contribution is 2.37. The van der Waals surface area contributed by atoms with Gasteiger partial charge in [0.05, 0.1) is 34.7 Å². The van der Waals surface area contributed by atoms with Crippen LogP contribution in [-0.4, -0.2) is 66.9 Å². The van der Waals surface area contributed by atoms with Gasteiger partial charge in [0.2, 0.25) is 0 Å². The number of likely N-dealkylation sites (N-methyl/N-ethyl adjacent to an activating group) is 1. The van der Waals surface area contributed by atoms with Gasteiger partial charge >= 0.3 is 6.03 Å². The molecule has 2 aliphatic rings. The summed E-state index contributed by atoms with van der Waals surface area (Å²) in [6.07, 6.45) is 3.00. The first kappa shape index (κ1) is 28.7. The summed E-state index contributed by atoms with van der Waals surface area (Å²) in [5.41, 5.74) is 0.366. The summed E-state index contributed by atoms with van der Waals surface area (Å²) in [6.45, 7) is 2.19. The van der Waals surface area contributed by atoms with E-state index >= 15 is 0 Å². The second-order valence-electron chi connectivity index (χ2n) is 10.1. The number of halogens is 3. The second kappa shape index (κ2) is 11.8. The fraction of sp³-hybridized carbons (Fsp3) is 0.379. The Labute approximate surface area is 230 Å². The molecular weight excluding hydrogens is 521 g/mol. The number of piperidine rings is 1. The number of urea groups is 1. The van der Waals surface area contributed by atoms with Crippen molar-refractivity contribution in [3.05, 3.63) is 82.3 Å². The van der Waals surface area contributed by atoms with Gasteiger partial charge < -0.3 is 20.0 Å². The Morgan fingerprint density at radius 3 is 2.45 bits per heavy atom. The van der Waals surface area contributed by atoms with Gasteiger partial charge in [0.15, 0.2) is 11.6 Å². The number of hydrogen-bond donors (Lipinski definition) is 1.